The van der Waals surface area contributed by atoms with Crippen LogP contribution >= 0.6 is 0 Å². The van der Waals surface area contributed by atoms with Gasteiger partial charge in [-0.25, -0.2) is 8.78 Å². The molecule has 0 bridgehead atoms. The number of nitrogens with zero attached hydrogens (tertiary/aromatic N) is 1. The van der Waals surface area contributed by atoms with Crippen molar-refractivity contribution < 1.29 is 18.6 Å². The van der Waals surface area contributed by atoms with Crippen LogP contribution in [-0.2, 0) is 6.61 Å². The first-order chi connectivity index (χ1) is 10.0. The molecule has 0 aliphatic rings. The third-order valence-electron chi connectivity index (χ3n) is 2.99. The van der Waals surface area contributed by atoms with E-state index in [0.29, 0.717) is 5.56 Å². The van der Waals surface area contributed by atoms with Crippen molar-refractivity contribution in [1.82, 2.24) is 0 Å². The summed E-state index contributed by atoms with van der Waals surface area (Å²) in [4.78, 5) is 0. The van der Waals surface area contributed by atoms with E-state index in [1.807, 2.05) is 6.07 Å². The standard InChI is InChI=1S/C16H13F2NO2/c1-10(20)14-7-13(17)4-5-16(14)21-9-12-3-2-11(8-19)6-15(12)18/h2-7,10,20H,9H2,1H3/t10-/m1/s1. The maximum absolute atomic E-state index is 13.7. The molecule has 108 valence electrons. The van der Waals surface area contributed by atoms with Gasteiger partial charge in [-0.05, 0) is 37.3 Å². The molecule has 0 aliphatic heterocycles. The first-order valence-electron chi connectivity index (χ1n) is 6.30. The molecule has 2 aromatic carbocycles. The molecule has 0 amide bonds. The van der Waals surface area contributed by atoms with Gasteiger partial charge in [0.25, 0.3) is 0 Å². The lowest BCUT2D eigenvalue weighted by Crippen LogP contribution is -2.03. The molecule has 3 nitrogen and oxygen atoms in total. The minimum atomic E-state index is -0.901. The second-order valence-electron chi connectivity index (χ2n) is 4.56. The zero-order valence-corrected chi connectivity index (χ0v) is 11.3. The van der Waals surface area contributed by atoms with E-state index in [1.165, 1.54) is 37.3 Å². The molecule has 0 saturated heterocycles. The molecule has 2 aromatic rings. The molecule has 1 N–H and O–H groups in total. The molecule has 0 unspecified atom stereocenters. The predicted molar refractivity (Wildman–Crippen MR) is 72.5 cm³/mol. The quantitative estimate of drug-likeness (QED) is 0.937. The molecule has 0 aliphatic carbocycles. The first-order valence-corrected chi connectivity index (χ1v) is 6.30. The van der Waals surface area contributed by atoms with Crippen LogP contribution in [-0.4, -0.2) is 5.11 Å². The highest BCUT2D eigenvalue weighted by molar-refractivity contribution is 5.36. The molecule has 5 heteroatoms. The Hall–Kier alpha value is -2.45. The summed E-state index contributed by atoms with van der Waals surface area (Å²) in [6.45, 7) is 1.41. The molecule has 21 heavy (non-hydrogen) atoms. The third kappa shape index (κ3) is 3.56. The van der Waals surface area contributed by atoms with E-state index in [9.17, 15) is 13.9 Å². The Morgan fingerprint density at radius 3 is 2.62 bits per heavy atom. The van der Waals surface area contributed by atoms with Gasteiger partial charge < -0.3 is 9.84 Å². The fraction of sp³-hybridized carbons (Fsp3) is 0.188. The Morgan fingerprint density at radius 1 is 1.24 bits per heavy atom. The lowest BCUT2D eigenvalue weighted by molar-refractivity contribution is 0.189. The summed E-state index contributed by atoms with van der Waals surface area (Å²) < 4.78 is 32.3. The molecule has 1 atom stereocenters. The van der Waals surface area contributed by atoms with Crippen LogP contribution in [0.5, 0.6) is 5.75 Å². The van der Waals surface area contributed by atoms with Gasteiger partial charge in [-0.3, -0.25) is 0 Å². The van der Waals surface area contributed by atoms with Crippen LogP contribution in [0.15, 0.2) is 36.4 Å². The second-order valence-corrected chi connectivity index (χ2v) is 4.56. The summed E-state index contributed by atoms with van der Waals surface area (Å²) in [5.41, 5.74) is 0.793. The van der Waals surface area contributed by atoms with Crippen LogP contribution in [0.1, 0.15) is 29.7 Å². The SMILES string of the molecule is C[C@@H](O)c1cc(F)ccc1OCc1ccc(C#N)cc1F. The van der Waals surface area contributed by atoms with Crippen molar-refractivity contribution in [3.05, 3.63) is 64.7 Å². The van der Waals surface area contributed by atoms with Crippen molar-refractivity contribution in [3.63, 3.8) is 0 Å². The summed E-state index contributed by atoms with van der Waals surface area (Å²) in [6, 6.07) is 9.68. The molecule has 0 heterocycles. The van der Waals surface area contributed by atoms with E-state index in [4.69, 9.17) is 10.00 Å². The van der Waals surface area contributed by atoms with Gasteiger partial charge in [-0.1, -0.05) is 6.07 Å². The van der Waals surface area contributed by atoms with Crippen molar-refractivity contribution in [2.45, 2.75) is 19.6 Å². The minimum Gasteiger partial charge on any atom is -0.488 e. The number of hydrogen-bond acceptors (Lipinski definition) is 3. The van der Waals surface area contributed by atoms with Gasteiger partial charge in [0.15, 0.2) is 0 Å². The van der Waals surface area contributed by atoms with Crippen LogP contribution in [0.4, 0.5) is 8.78 Å². The number of ether oxygens (including phenoxy) is 1. The zero-order chi connectivity index (χ0) is 15.4. The number of halogens is 2. The molecule has 0 radical (unpaired) electrons. The van der Waals surface area contributed by atoms with Crippen molar-refractivity contribution in [2.75, 3.05) is 0 Å². The highest BCUT2D eigenvalue weighted by atomic mass is 19.1. The van der Waals surface area contributed by atoms with E-state index in [1.54, 1.807) is 0 Å². The maximum atomic E-state index is 13.7. The number of aliphatic hydroxyl groups is 1. The monoisotopic (exact) mass is 289 g/mol. The van der Waals surface area contributed by atoms with Crippen molar-refractivity contribution >= 4 is 0 Å². The third-order valence-corrected chi connectivity index (χ3v) is 2.99. The van der Waals surface area contributed by atoms with Gasteiger partial charge in [0.1, 0.15) is 24.0 Å². The minimum absolute atomic E-state index is 0.0805. The van der Waals surface area contributed by atoms with Gasteiger partial charge in [0.05, 0.1) is 17.7 Å². The molecule has 2 rings (SSSR count). The number of benzene rings is 2. The van der Waals surface area contributed by atoms with Crippen molar-refractivity contribution in [1.29, 1.82) is 5.26 Å². The smallest absolute Gasteiger partial charge is 0.131 e. The van der Waals surface area contributed by atoms with Gasteiger partial charge in [-0.15, -0.1) is 0 Å². The van der Waals surface area contributed by atoms with Gasteiger partial charge in [-0.2, -0.15) is 5.26 Å². The van der Waals surface area contributed by atoms with E-state index in [-0.39, 0.29) is 23.5 Å². The lowest BCUT2D eigenvalue weighted by atomic mass is 10.1. The summed E-state index contributed by atoms with van der Waals surface area (Å²) >= 11 is 0. The summed E-state index contributed by atoms with van der Waals surface area (Å²) in [5.74, 6) is -0.743. The molecule has 0 spiro atoms. The fourth-order valence-electron chi connectivity index (χ4n) is 1.87. The molecule has 0 aromatic heterocycles. The largest absolute Gasteiger partial charge is 0.488 e. The summed E-state index contributed by atoms with van der Waals surface area (Å²) in [6.07, 6.45) is -0.901. The molecular weight excluding hydrogens is 276 g/mol. The topological polar surface area (TPSA) is 53.2 Å². The van der Waals surface area contributed by atoms with Crippen molar-refractivity contribution in [3.8, 4) is 11.8 Å². The van der Waals surface area contributed by atoms with Gasteiger partial charge in [0.2, 0.25) is 0 Å². The van der Waals surface area contributed by atoms with E-state index >= 15 is 0 Å². The van der Waals surface area contributed by atoms with E-state index < -0.39 is 17.7 Å². The predicted octanol–water partition coefficient (Wildman–Crippen LogP) is 3.47. The van der Waals surface area contributed by atoms with Crippen LogP contribution in [0, 0.1) is 23.0 Å². The summed E-state index contributed by atoms with van der Waals surface area (Å²) in [5, 5.41) is 18.3. The lowest BCUT2D eigenvalue weighted by Gasteiger charge is -2.14. The maximum Gasteiger partial charge on any atom is 0.131 e. The Morgan fingerprint density at radius 2 is 2.00 bits per heavy atom. The number of hydrogen-bond donors (Lipinski definition) is 1. The molecule has 0 saturated carbocycles. The highest BCUT2D eigenvalue weighted by Gasteiger charge is 2.12. The number of nitriles is 1. The Kier molecular flexibility index (Phi) is 4.51. The average molecular weight is 289 g/mol. The van der Waals surface area contributed by atoms with Crippen LogP contribution in [0.3, 0.4) is 0 Å². The van der Waals surface area contributed by atoms with Crippen LogP contribution < -0.4 is 4.74 Å². The average Bonchev–Trinajstić information content (AvgIpc) is 2.46. The van der Waals surface area contributed by atoms with E-state index in [0.717, 1.165) is 6.07 Å². The summed E-state index contributed by atoms with van der Waals surface area (Å²) in [7, 11) is 0. The van der Waals surface area contributed by atoms with Gasteiger partial charge >= 0.3 is 0 Å². The number of aliphatic hydroxyl groups excluding tert-OH is 1. The molecular formula is C16H13F2NO2. The Balaban J connectivity index is 2.19. The van der Waals surface area contributed by atoms with Crippen LogP contribution in [0.2, 0.25) is 0 Å². The fourth-order valence-corrected chi connectivity index (χ4v) is 1.87. The number of rotatable bonds is 4. The van der Waals surface area contributed by atoms with Gasteiger partial charge in [0, 0.05) is 11.1 Å². The van der Waals surface area contributed by atoms with Crippen LogP contribution in [0.25, 0.3) is 0 Å². The zero-order valence-electron chi connectivity index (χ0n) is 11.3. The normalized spacial score (nSPS) is 11.8. The Labute approximate surface area is 121 Å². The van der Waals surface area contributed by atoms with Crippen molar-refractivity contribution in [2.24, 2.45) is 0 Å². The highest BCUT2D eigenvalue weighted by Crippen LogP contribution is 2.27. The second kappa shape index (κ2) is 6.33. The molecule has 0 fully saturated rings. The first kappa shape index (κ1) is 14.9. The van der Waals surface area contributed by atoms with E-state index in [2.05, 4.69) is 0 Å². The Bertz CT molecular complexity index is 693.